The van der Waals surface area contributed by atoms with Crippen LogP contribution in [-0.4, -0.2) is 34.2 Å². The number of hydrogen-bond donors (Lipinski definition) is 1. The molecule has 7 heteroatoms. The van der Waals surface area contributed by atoms with E-state index >= 15 is 0 Å². The molecule has 1 amide bonds. The van der Waals surface area contributed by atoms with E-state index in [1.165, 1.54) is 0 Å². The average molecular weight is 419 g/mol. The van der Waals surface area contributed by atoms with Gasteiger partial charge in [-0.2, -0.15) is 5.10 Å². The van der Waals surface area contributed by atoms with E-state index in [4.69, 9.17) is 9.47 Å². The van der Waals surface area contributed by atoms with Gasteiger partial charge in [0.15, 0.2) is 0 Å². The number of carbonyl (C=O) groups excluding carboxylic acids is 2. The summed E-state index contributed by atoms with van der Waals surface area (Å²) < 4.78 is 13.2. The number of ether oxygens (including phenoxy) is 2. The van der Waals surface area contributed by atoms with Crippen molar-refractivity contribution in [1.29, 1.82) is 0 Å². The SMILES string of the molecule is CCOc1cc2c(cc1NC(=O)C(=O)c1c(C)nn(-c3ccccc3)c1C)OC(C)C2. The van der Waals surface area contributed by atoms with E-state index in [2.05, 4.69) is 10.4 Å². The van der Waals surface area contributed by atoms with Crippen molar-refractivity contribution in [2.75, 3.05) is 11.9 Å². The molecule has 1 unspecified atom stereocenters. The zero-order chi connectivity index (χ0) is 22.1. The fourth-order valence-corrected chi connectivity index (χ4v) is 3.90. The number of carbonyl (C=O) groups is 2. The molecule has 0 saturated carbocycles. The van der Waals surface area contributed by atoms with Gasteiger partial charge in [0, 0.05) is 18.1 Å². The first-order valence-corrected chi connectivity index (χ1v) is 10.3. The topological polar surface area (TPSA) is 82.5 Å². The lowest BCUT2D eigenvalue weighted by Gasteiger charge is -2.13. The first kappa shape index (κ1) is 20.7. The van der Waals surface area contributed by atoms with E-state index in [-0.39, 0.29) is 6.10 Å². The van der Waals surface area contributed by atoms with Crippen LogP contribution >= 0.6 is 0 Å². The van der Waals surface area contributed by atoms with Gasteiger partial charge in [0.05, 0.1) is 34.9 Å². The number of hydrogen-bond acceptors (Lipinski definition) is 5. The monoisotopic (exact) mass is 419 g/mol. The fraction of sp³-hybridized carbons (Fsp3) is 0.292. The third kappa shape index (κ3) is 3.91. The fourth-order valence-electron chi connectivity index (χ4n) is 3.90. The van der Waals surface area contributed by atoms with Gasteiger partial charge in [-0.25, -0.2) is 4.68 Å². The minimum atomic E-state index is -0.745. The molecule has 1 aromatic heterocycles. The molecule has 0 bridgehead atoms. The Morgan fingerprint density at radius 3 is 2.68 bits per heavy atom. The van der Waals surface area contributed by atoms with E-state index in [0.29, 0.717) is 40.7 Å². The molecule has 7 nitrogen and oxygen atoms in total. The standard InChI is InChI=1S/C24H25N3O4/c1-5-30-21-12-17-11-14(2)31-20(17)13-19(21)25-24(29)23(28)22-15(3)26-27(16(22)4)18-9-7-6-8-10-18/h6-10,12-14H,5,11H2,1-4H3,(H,25,29). The Labute approximate surface area is 181 Å². The third-order valence-electron chi connectivity index (χ3n) is 5.27. The smallest absolute Gasteiger partial charge is 0.297 e. The maximum absolute atomic E-state index is 13.1. The molecular weight excluding hydrogens is 394 g/mol. The van der Waals surface area contributed by atoms with Crippen LogP contribution in [0.15, 0.2) is 42.5 Å². The summed E-state index contributed by atoms with van der Waals surface area (Å²) in [6.45, 7) is 7.80. The first-order chi connectivity index (χ1) is 14.9. The predicted molar refractivity (Wildman–Crippen MR) is 117 cm³/mol. The quantitative estimate of drug-likeness (QED) is 0.482. The van der Waals surface area contributed by atoms with Crippen molar-refractivity contribution in [2.24, 2.45) is 0 Å². The number of ketones is 1. The lowest BCUT2D eigenvalue weighted by Crippen LogP contribution is -2.24. The molecular formula is C24H25N3O4. The molecule has 1 atom stereocenters. The maximum Gasteiger partial charge on any atom is 0.297 e. The number of aryl methyl sites for hydroxylation is 1. The number of nitrogens with one attached hydrogen (secondary N) is 1. The molecule has 0 fully saturated rings. The molecule has 160 valence electrons. The molecule has 0 spiro atoms. The van der Waals surface area contributed by atoms with Gasteiger partial charge in [-0.05, 0) is 45.9 Å². The highest BCUT2D eigenvalue weighted by Crippen LogP contribution is 2.38. The van der Waals surface area contributed by atoms with Crippen molar-refractivity contribution in [2.45, 2.75) is 40.2 Å². The van der Waals surface area contributed by atoms with Crippen LogP contribution in [0.25, 0.3) is 5.69 Å². The van der Waals surface area contributed by atoms with Crippen LogP contribution in [0.4, 0.5) is 5.69 Å². The molecule has 4 rings (SSSR count). The van der Waals surface area contributed by atoms with E-state index in [9.17, 15) is 9.59 Å². The van der Waals surface area contributed by atoms with E-state index in [0.717, 1.165) is 17.7 Å². The van der Waals surface area contributed by atoms with Crippen LogP contribution in [-0.2, 0) is 11.2 Å². The molecule has 2 heterocycles. The highest BCUT2D eigenvalue weighted by molar-refractivity contribution is 6.47. The number of anilines is 1. The van der Waals surface area contributed by atoms with Crippen LogP contribution < -0.4 is 14.8 Å². The van der Waals surface area contributed by atoms with Crippen molar-refractivity contribution in [1.82, 2.24) is 9.78 Å². The van der Waals surface area contributed by atoms with Gasteiger partial charge in [-0.3, -0.25) is 9.59 Å². The van der Waals surface area contributed by atoms with Crippen molar-refractivity contribution in [3.63, 3.8) is 0 Å². The van der Waals surface area contributed by atoms with Gasteiger partial charge in [0.1, 0.15) is 17.6 Å². The Morgan fingerprint density at radius 1 is 1.23 bits per heavy atom. The number of amides is 1. The molecule has 0 aliphatic carbocycles. The molecule has 31 heavy (non-hydrogen) atoms. The van der Waals surface area contributed by atoms with Crippen molar-refractivity contribution >= 4 is 17.4 Å². The summed E-state index contributed by atoms with van der Waals surface area (Å²) in [6, 6.07) is 13.1. The van der Waals surface area contributed by atoms with E-state index < -0.39 is 11.7 Å². The van der Waals surface area contributed by atoms with Gasteiger partial charge in [0.2, 0.25) is 0 Å². The van der Waals surface area contributed by atoms with Gasteiger partial charge in [-0.1, -0.05) is 18.2 Å². The Balaban J connectivity index is 1.63. The minimum absolute atomic E-state index is 0.0613. The summed E-state index contributed by atoms with van der Waals surface area (Å²) in [5.74, 6) is -0.170. The normalized spacial score (nSPS) is 14.6. The van der Waals surface area contributed by atoms with Crippen molar-refractivity contribution in [3.05, 3.63) is 65.0 Å². The van der Waals surface area contributed by atoms with Crippen LogP contribution in [0, 0.1) is 13.8 Å². The van der Waals surface area contributed by atoms with E-state index in [1.54, 1.807) is 24.6 Å². The Hall–Kier alpha value is -3.61. The third-order valence-corrected chi connectivity index (χ3v) is 5.27. The summed E-state index contributed by atoms with van der Waals surface area (Å²) in [4.78, 5) is 25.9. The Morgan fingerprint density at radius 2 is 1.97 bits per heavy atom. The van der Waals surface area contributed by atoms with Crippen LogP contribution in [0.2, 0.25) is 0 Å². The van der Waals surface area contributed by atoms with Crippen LogP contribution in [0.3, 0.4) is 0 Å². The first-order valence-electron chi connectivity index (χ1n) is 10.3. The van der Waals surface area contributed by atoms with Gasteiger partial charge >= 0.3 is 0 Å². The van der Waals surface area contributed by atoms with Gasteiger partial charge < -0.3 is 14.8 Å². The second kappa shape index (κ2) is 8.26. The Bertz CT molecular complexity index is 1150. The minimum Gasteiger partial charge on any atom is -0.492 e. The summed E-state index contributed by atoms with van der Waals surface area (Å²) >= 11 is 0. The average Bonchev–Trinajstić information content (AvgIpc) is 3.25. The largest absolute Gasteiger partial charge is 0.492 e. The summed E-state index contributed by atoms with van der Waals surface area (Å²) in [6.07, 6.45) is 0.839. The number of benzene rings is 2. The predicted octanol–water partition coefficient (Wildman–Crippen LogP) is 4.03. The molecule has 1 aliphatic rings. The maximum atomic E-state index is 13.1. The molecule has 0 radical (unpaired) electrons. The number of nitrogens with zero attached hydrogens (tertiary/aromatic N) is 2. The van der Waals surface area contributed by atoms with Gasteiger partial charge in [-0.15, -0.1) is 0 Å². The molecule has 1 N–H and O–H groups in total. The number of para-hydroxylation sites is 1. The molecule has 1 aliphatic heterocycles. The second-order valence-electron chi connectivity index (χ2n) is 7.60. The highest BCUT2D eigenvalue weighted by atomic mass is 16.5. The second-order valence-corrected chi connectivity index (χ2v) is 7.60. The lowest BCUT2D eigenvalue weighted by atomic mass is 10.1. The number of rotatable bonds is 6. The number of fused-ring (bicyclic) bond motifs is 1. The van der Waals surface area contributed by atoms with E-state index in [1.807, 2.05) is 50.2 Å². The van der Waals surface area contributed by atoms with Gasteiger partial charge in [0.25, 0.3) is 11.7 Å². The molecule has 2 aromatic carbocycles. The highest BCUT2D eigenvalue weighted by Gasteiger charge is 2.27. The van der Waals surface area contributed by atoms with Crippen molar-refractivity contribution < 1.29 is 19.1 Å². The number of Topliss-reactive ketones (excluding diaryl/α,β-unsaturated/α-hetero) is 1. The Kier molecular flexibility index (Phi) is 5.50. The zero-order valence-electron chi connectivity index (χ0n) is 18.1. The number of aromatic nitrogens is 2. The zero-order valence-corrected chi connectivity index (χ0v) is 18.1. The summed E-state index contributed by atoms with van der Waals surface area (Å²) in [7, 11) is 0. The summed E-state index contributed by atoms with van der Waals surface area (Å²) in [5.41, 5.74) is 3.67. The molecule has 3 aromatic rings. The molecule has 0 saturated heterocycles. The lowest BCUT2D eigenvalue weighted by molar-refractivity contribution is -0.112. The van der Waals surface area contributed by atoms with Crippen LogP contribution in [0.1, 0.15) is 41.2 Å². The van der Waals surface area contributed by atoms with Crippen molar-refractivity contribution in [3.8, 4) is 17.2 Å². The van der Waals surface area contributed by atoms with Crippen LogP contribution in [0.5, 0.6) is 11.5 Å². The summed E-state index contributed by atoms with van der Waals surface area (Å²) in [5, 5.41) is 7.18.